The third kappa shape index (κ3) is 2.53. The van der Waals surface area contributed by atoms with Crippen molar-refractivity contribution in [1.29, 1.82) is 0 Å². The van der Waals surface area contributed by atoms with Gasteiger partial charge in [0.2, 0.25) is 0 Å². The Balaban J connectivity index is 2.22. The molecule has 22 heavy (non-hydrogen) atoms. The van der Waals surface area contributed by atoms with Crippen molar-refractivity contribution in [3.05, 3.63) is 57.6 Å². The zero-order valence-electron chi connectivity index (χ0n) is 12.3. The SMILES string of the molecule is CC(C)c1ccc(-c2[nH]c3cc(Cl)cc(Cl)c3c2C=O)cc1. The summed E-state index contributed by atoms with van der Waals surface area (Å²) in [5.74, 6) is 0.468. The van der Waals surface area contributed by atoms with Crippen LogP contribution in [0.2, 0.25) is 10.0 Å². The van der Waals surface area contributed by atoms with Gasteiger partial charge in [0, 0.05) is 21.5 Å². The lowest BCUT2D eigenvalue weighted by atomic mass is 9.99. The maximum Gasteiger partial charge on any atom is 0.152 e. The molecule has 3 rings (SSSR count). The van der Waals surface area contributed by atoms with E-state index in [1.54, 1.807) is 12.1 Å². The third-order valence-electron chi connectivity index (χ3n) is 3.84. The topological polar surface area (TPSA) is 32.9 Å². The van der Waals surface area contributed by atoms with Gasteiger partial charge in [0.25, 0.3) is 0 Å². The predicted molar refractivity (Wildman–Crippen MR) is 93.2 cm³/mol. The lowest BCUT2D eigenvalue weighted by Crippen LogP contribution is -1.89. The summed E-state index contributed by atoms with van der Waals surface area (Å²) in [5.41, 5.74) is 4.31. The largest absolute Gasteiger partial charge is 0.354 e. The molecule has 112 valence electrons. The number of carbonyl (C=O) groups excluding carboxylic acids is 1. The van der Waals surface area contributed by atoms with Crippen molar-refractivity contribution in [2.45, 2.75) is 19.8 Å². The molecule has 0 atom stereocenters. The number of aldehydes is 1. The first-order valence-electron chi connectivity index (χ1n) is 7.07. The van der Waals surface area contributed by atoms with Crippen LogP contribution in [0, 0.1) is 0 Å². The van der Waals surface area contributed by atoms with Crippen LogP contribution in [-0.4, -0.2) is 11.3 Å². The van der Waals surface area contributed by atoms with Crippen LogP contribution in [0.15, 0.2) is 36.4 Å². The lowest BCUT2D eigenvalue weighted by Gasteiger charge is -2.06. The quantitative estimate of drug-likeness (QED) is 0.580. The maximum absolute atomic E-state index is 11.6. The van der Waals surface area contributed by atoms with E-state index in [9.17, 15) is 4.79 Å². The second-order valence-corrected chi connectivity index (χ2v) is 6.46. The minimum Gasteiger partial charge on any atom is -0.354 e. The Morgan fingerprint density at radius 3 is 2.36 bits per heavy atom. The van der Waals surface area contributed by atoms with E-state index < -0.39 is 0 Å². The van der Waals surface area contributed by atoms with E-state index >= 15 is 0 Å². The molecular weight excluding hydrogens is 317 g/mol. The van der Waals surface area contributed by atoms with Crippen molar-refractivity contribution in [3.8, 4) is 11.3 Å². The average molecular weight is 332 g/mol. The summed E-state index contributed by atoms with van der Waals surface area (Å²) in [4.78, 5) is 14.8. The first-order chi connectivity index (χ1) is 10.5. The second-order valence-electron chi connectivity index (χ2n) is 5.62. The van der Waals surface area contributed by atoms with Crippen LogP contribution in [-0.2, 0) is 0 Å². The minimum absolute atomic E-state index is 0.468. The Bertz CT molecular complexity index is 848. The number of H-pyrrole nitrogens is 1. The van der Waals surface area contributed by atoms with Gasteiger partial charge in [-0.3, -0.25) is 4.79 Å². The van der Waals surface area contributed by atoms with E-state index in [-0.39, 0.29) is 0 Å². The highest BCUT2D eigenvalue weighted by Crippen LogP contribution is 2.35. The van der Waals surface area contributed by atoms with Crippen LogP contribution in [0.5, 0.6) is 0 Å². The van der Waals surface area contributed by atoms with Crippen LogP contribution in [0.3, 0.4) is 0 Å². The van der Waals surface area contributed by atoms with E-state index in [0.717, 1.165) is 23.1 Å². The molecule has 0 unspecified atom stereocenters. The first kappa shape index (κ1) is 15.1. The van der Waals surface area contributed by atoms with Crippen LogP contribution >= 0.6 is 23.2 Å². The minimum atomic E-state index is 0.468. The Kier molecular flexibility index (Phi) is 3.98. The number of nitrogens with one attached hydrogen (secondary N) is 1. The average Bonchev–Trinajstić information content (AvgIpc) is 2.85. The van der Waals surface area contributed by atoms with E-state index in [2.05, 4.69) is 31.0 Å². The summed E-state index contributed by atoms with van der Waals surface area (Å²) in [6, 6.07) is 11.6. The molecule has 0 bridgehead atoms. The van der Waals surface area contributed by atoms with Crippen molar-refractivity contribution in [2.24, 2.45) is 0 Å². The molecule has 0 spiro atoms. The summed E-state index contributed by atoms with van der Waals surface area (Å²) in [6.07, 6.45) is 0.838. The molecule has 0 saturated carbocycles. The molecule has 4 heteroatoms. The van der Waals surface area contributed by atoms with Crippen LogP contribution < -0.4 is 0 Å². The number of rotatable bonds is 3. The smallest absolute Gasteiger partial charge is 0.152 e. The normalized spacial score (nSPS) is 11.3. The molecule has 0 radical (unpaired) electrons. The summed E-state index contributed by atoms with van der Waals surface area (Å²) < 4.78 is 0. The Labute approximate surface area is 139 Å². The molecule has 3 aromatic rings. The molecule has 1 N–H and O–H groups in total. The van der Waals surface area contributed by atoms with Gasteiger partial charge in [0.15, 0.2) is 6.29 Å². The van der Waals surface area contributed by atoms with E-state index in [1.165, 1.54) is 5.56 Å². The Morgan fingerprint density at radius 2 is 1.77 bits per heavy atom. The fraction of sp³-hybridized carbons (Fsp3) is 0.167. The summed E-state index contributed by atoms with van der Waals surface area (Å²) >= 11 is 12.3. The van der Waals surface area contributed by atoms with Crippen molar-refractivity contribution in [1.82, 2.24) is 4.98 Å². The van der Waals surface area contributed by atoms with Gasteiger partial charge < -0.3 is 4.98 Å². The van der Waals surface area contributed by atoms with Gasteiger partial charge in [-0.1, -0.05) is 61.3 Å². The number of hydrogen-bond acceptors (Lipinski definition) is 1. The van der Waals surface area contributed by atoms with Crippen molar-refractivity contribution < 1.29 is 4.79 Å². The highest BCUT2D eigenvalue weighted by Gasteiger charge is 2.16. The van der Waals surface area contributed by atoms with Gasteiger partial charge >= 0.3 is 0 Å². The zero-order valence-corrected chi connectivity index (χ0v) is 13.8. The maximum atomic E-state index is 11.6. The van der Waals surface area contributed by atoms with Crippen molar-refractivity contribution >= 4 is 40.4 Å². The van der Waals surface area contributed by atoms with Crippen molar-refractivity contribution in [3.63, 3.8) is 0 Å². The Hall–Kier alpha value is -1.77. The van der Waals surface area contributed by atoms with Crippen LogP contribution in [0.4, 0.5) is 0 Å². The molecule has 2 nitrogen and oxygen atoms in total. The summed E-state index contributed by atoms with van der Waals surface area (Å²) in [5, 5.41) is 1.73. The third-order valence-corrected chi connectivity index (χ3v) is 4.35. The standard InChI is InChI=1S/C18H15Cl2NO/c1-10(2)11-3-5-12(6-4-11)18-14(9-22)17-15(20)7-13(19)8-16(17)21-18/h3-10,21H,1-2H3. The Morgan fingerprint density at radius 1 is 1.09 bits per heavy atom. The van der Waals surface area contributed by atoms with Crippen LogP contribution in [0.1, 0.15) is 35.7 Å². The molecule has 0 saturated heterocycles. The van der Waals surface area contributed by atoms with Gasteiger partial charge in [0.05, 0.1) is 10.7 Å². The molecule has 1 aromatic heterocycles. The molecular formula is C18H15Cl2NO. The number of halogens is 2. The highest BCUT2D eigenvalue weighted by molar-refractivity contribution is 6.39. The molecule has 0 aliphatic heterocycles. The number of aromatic nitrogens is 1. The van der Waals surface area contributed by atoms with Gasteiger partial charge in [-0.25, -0.2) is 0 Å². The number of aromatic amines is 1. The number of hydrogen-bond donors (Lipinski definition) is 1. The fourth-order valence-electron chi connectivity index (χ4n) is 2.65. The fourth-order valence-corrected chi connectivity index (χ4v) is 3.25. The van der Waals surface area contributed by atoms with E-state index in [0.29, 0.717) is 26.9 Å². The molecule has 0 aliphatic rings. The highest BCUT2D eigenvalue weighted by atomic mass is 35.5. The number of fused-ring (bicyclic) bond motifs is 1. The van der Waals surface area contributed by atoms with Gasteiger partial charge in [-0.2, -0.15) is 0 Å². The molecule has 1 heterocycles. The van der Waals surface area contributed by atoms with Gasteiger partial charge in [-0.05, 0) is 29.2 Å². The molecule has 0 aliphatic carbocycles. The second kappa shape index (κ2) is 5.79. The van der Waals surface area contributed by atoms with Crippen LogP contribution in [0.25, 0.3) is 22.2 Å². The van der Waals surface area contributed by atoms with Gasteiger partial charge in [-0.15, -0.1) is 0 Å². The monoisotopic (exact) mass is 331 g/mol. The summed E-state index contributed by atoms with van der Waals surface area (Å²) in [6.45, 7) is 4.30. The predicted octanol–water partition coefficient (Wildman–Crippen LogP) is 6.08. The van der Waals surface area contributed by atoms with E-state index in [4.69, 9.17) is 23.2 Å². The molecule has 0 amide bonds. The van der Waals surface area contributed by atoms with Gasteiger partial charge in [0.1, 0.15) is 0 Å². The number of benzene rings is 2. The zero-order chi connectivity index (χ0) is 15.9. The summed E-state index contributed by atoms with van der Waals surface area (Å²) in [7, 11) is 0. The number of carbonyl (C=O) groups is 1. The molecule has 2 aromatic carbocycles. The van der Waals surface area contributed by atoms with E-state index in [1.807, 2.05) is 12.1 Å². The molecule has 0 fully saturated rings. The lowest BCUT2D eigenvalue weighted by molar-refractivity contribution is 0.112. The van der Waals surface area contributed by atoms with Crippen molar-refractivity contribution in [2.75, 3.05) is 0 Å². The first-order valence-corrected chi connectivity index (χ1v) is 7.83.